The Kier molecular flexibility index (Phi) is 6.77. The number of carbonyl (C=O) groups excluding carboxylic acids is 1. The normalized spacial score (nSPS) is 10.5. The first kappa shape index (κ1) is 16.9. The lowest BCUT2D eigenvalue weighted by Gasteiger charge is -2.06. The Bertz CT molecular complexity index is 599. The number of thioether (sulfide) groups is 1. The van der Waals surface area contributed by atoms with E-state index in [1.165, 1.54) is 0 Å². The molecule has 0 aliphatic rings. The van der Waals surface area contributed by atoms with Crippen molar-refractivity contribution in [2.24, 2.45) is 0 Å². The van der Waals surface area contributed by atoms with Gasteiger partial charge in [-0.3, -0.25) is 4.79 Å². The first-order valence-electron chi connectivity index (χ1n) is 6.95. The van der Waals surface area contributed by atoms with Crippen LogP contribution in [0.25, 0.3) is 0 Å². The molecule has 0 unspecified atom stereocenters. The summed E-state index contributed by atoms with van der Waals surface area (Å²) in [5.41, 5.74) is 3.07. The van der Waals surface area contributed by atoms with Crippen molar-refractivity contribution >= 4 is 29.3 Å². The zero-order chi connectivity index (χ0) is 15.8. The topological polar surface area (TPSA) is 49.3 Å². The fourth-order valence-electron chi connectivity index (χ4n) is 1.86. The molecule has 2 rings (SSSR count). The largest absolute Gasteiger partial charge is 0.392 e. The van der Waals surface area contributed by atoms with E-state index in [1.54, 1.807) is 11.8 Å². The molecule has 0 aliphatic heterocycles. The highest BCUT2D eigenvalue weighted by molar-refractivity contribution is 7.99. The maximum atomic E-state index is 11.8. The number of hydrogen-bond acceptors (Lipinski definition) is 3. The molecule has 0 saturated carbocycles. The van der Waals surface area contributed by atoms with Gasteiger partial charge in [-0.05, 0) is 28.8 Å². The van der Waals surface area contributed by atoms with E-state index in [-0.39, 0.29) is 12.5 Å². The second-order valence-electron chi connectivity index (χ2n) is 4.87. The predicted molar refractivity (Wildman–Crippen MR) is 91.8 cm³/mol. The van der Waals surface area contributed by atoms with Crippen LogP contribution >= 0.6 is 23.4 Å². The van der Waals surface area contributed by atoms with E-state index in [1.807, 2.05) is 48.5 Å². The van der Waals surface area contributed by atoms with Crippen molar-refractivity contribution in [2.75, 3.05) is 5.75 Å². The van der Waals surface area contributed by atoms with Crippen LogP contribution in [0.15, 0.2) is 48.5 Å². The summed E-state index contributed by atoms with van der Waals surface area (Å²) in [6.07, 6.45) is 0. The third kappa shape index (κ3) is 5.72. The number of halogens is 1. The second kappa shape index (κ2) is 8.83. The third-order valence-electron chi connectivity index (χ3n) is 3.11. The highest BCUT2D eigenvalue weighted by Crippen LogP contribution is 2.13. The van der Waals surface area contributed by atoms with Gasteiger partial charge in [0.15, 0.2) is 0 Å². The Morgan fingerprint density at radius 1 is 1.00 bits per heavy atom. The molecule has 0 heterocycles. The average Bonchev–Trinajstić information content (AvgIpc) is 2.55. The third-order valence-corrected chi connectivity index (χ3v) is 4.37. The highest BCUT2D eigenvalue weighted by atomic mass is 35.5. The van der Waals surface area contributed by atoms with Crippen molar-refractivity contribution in [1.29, 1.82) is 0 Å². The maximum absolute atomic E-state index is 11.8. The molecule has 0 fully saturated rings. The number of nitrogens with one attached hydrogen (secondary N) is 1. The standard InChI is InChI=1S/C17H18ClNO2S/c18-16-7-5-13(6-8-16)9-19-17(21)12-22-11-15-3-1-14(10-20)2-4-15/h1-8,20H,9-12H2,(H,19,21). The summed E-state index contributed by atoms with van der Waals surface area (Å²) in [4.78, 5) is 11.8. The zero-order valence-electron chi connectivity index (χ0n) is 12.1. The van der Waals surface area contributed by atoms with E-state index in [0.717, 1.165) is 22.4 Å². The van der Waals surface area contributed by atoms with Gasteiger partial charge >= 0.3 is 0 Å². The first-order chi connectivity index (χ1) is 10.7. The molecule has 5 heteroatoms. The lowest BCUT2D eigenvalue weighted by atomic mass is 10.2. The first-order valence-corrected chi connectivity index (χ1v) is 8.48. The molecule has 1 amide bonds. The Morgan fingerprint density at radius 3 is 2.23 bits per heavy atom. The van der Waals surface area contributed by atoms with Gasteiger partial charge in [-0.15, -0.1) is 11.8 Å². The van der Waals surface area contributed by atoms with Crippen LogP contribution in [0.4, 0.5) is 0 Å². The lowest BCUT2D eigenvalue weighted by molar-refractivity contribution is -0.118. The van der Waals surface area contributed by atoms with Crippen LogP contribution in [0.5, 0.6) is 0 Å². The number of amides is 1. The average molecular weight is 336 g/mol. The van der Waals surface area contributed by atoms with E-state index < -0.39 is 0 Å². The predicted octanol–water partition coefficient (Wildman–Crippen LogP) is 3.38. The quantitative estimate of drug-likeness (QED) is 0.815. The molecule has 22 heavy (non-hydrogen) atoms. The molecular formula is C17H18ClNO2S. The zero-order valence-corrected chi connectivity index (χ0v) is 13.7. The van der Waals surface area contributed by atoms with E-state index in [9.17, 15) is 4.79 Å². The molecule has 0 bridgehead atoms. The van der Waals surface area contributed by atoms with Gasteiger partial charge in [0.25, 0.3) is 0 Å². The number of rotatable bonds is 7. The van der Waals surface area contributed by atoms with Crippen molar-refractivity contribution in [3.05, 3.63) is 70.2 Å². The van der Waals surface area contributed by atoms with Crippen LogP contribution in [0, 0.1) is 0 Å². The summed E-state index contributed by atoms with van der Waals surface area (Å²) in [7, 11) is 0. The van der Waals surface area contributed by atoms with Crippen LogP contribution in [0.2, 0.25) is 5.02 Å². The molecule has 0 spiro atoms. The smallest absolute Gasteiger partial charge is 0.230 e. The molecular weight excluding hydrogens is 318 g/mol. The molecule has 0 saturated heterocycles. The minimum Gasteiger partial charge on any atom is -0.392 e. The molecule has 0 radical (unpaired) electrons. The number of benzene rings is 2. The summed E-state index contributed by atoms with van der Waals surface area (Å²) in [6, 6.07) is 15.2. The van der Waals surface area contributed by atoms with Gasteiger partial charge in [-0.25, -0.2) is 0 Å². The van der Waals surface area contributed by atoms with Crippen molar-refractivity contribution in [3.8, 4) is 0 Å². The van der Waals surface area contributed by atoms with Gasteiger partial charge in [-0.1, -0.05) is 48.0 Å². The van der Waals surface area contributed by atoms with Crippen molar-refractivity contribution in [1.82, 2.24) is 5.32 Å². The Labute approximate surface area is 139 Å². The second-order valence-corrected chi connectivity index (χ2v) is 6.29. The minimum atomic E-state index is 0.0203. The van der Waals surface area contributed by atoms with Crippen molar-refractivity contribution in [2.45, 2.75) is 18.9 Å². The molecule has 2 aromatic rings. The van der Waals surface area contributed by atoms with Crippen molar-refractivity contribution in [3.63, 3.8) is 0 Å². The van der Waals surface area contributed by atoms with Crippen LogP contribution in [0.1, 0.15) is 16.7 Å². The van der Waals surface area contributed by atoms with Crippen molar-refractivity contribution < 1.29 is 9.90 Å². The Morgan fingerprint density at radius 2 is 1.59 bits per heavy atom. The summed E-state index contributed by atoms with van der Waals surface area (Å²) in [5, 5.41) is 12.6. The highest BCUT2D eigenvalue weighted by Gasteiger charge is 2.02. The van der Waals surface area contributed by atoms with Gasteiger partial charge in [0.05, 0.1) is 12.4 Å². The number of aliphatic hydroxyl groups excluding tert-OH is 1. The fourth-order valence-corrected chi connectivity index (χ4v) is 2.80. The van der Waals surface area contributed by atoms with Crippen LogP contribution in [-0.4, -0.2) is 16.8 Å². The van der Waals surface area contributed by atoms with E-state index in [2.05, 4.69) is 5.32 Å². The Balaban J connectivity index is 1.67. The van der Waals surface area contributed by atoms with Crippen LogP contribution in [-0.2, 0) is 23.7 Å². The van der Waals surface area contributed by atoms with Gasteiger partial charge in [0, 0.05) is 17.3 Å². The van der Waals surface area contributed by atoms with E-state index in [4.69, 9.17) is 16.7 Å². The van der Waals surface area contributed by atoms with E-state index >= 15 is 0 Å². The SMILES string of the molecule is O=C(CSCc1ccc(CO)cc1)NCc1ccc(Cl)cc1. The molecule has 3 nitrogen and oxygen atoms in total. The molecule has 2 N–H and O–H groups in total. The molecule has 0 aromatic heterocycles. The van der Waals surface area contributed by atoms with Gasteiger partial charge in [0.2, 0.25) is 5.91 Å². The molecule has 0 atom stereocenters. The van der Waals surface area contributed by atoms with Crippen LogP contribution in [0.3, 0.4) is 0 Å². The van der Waals surface area contributed by atoms with Gasteiger partial charge < -0.3 is 10.4 Å². The Hall–Kier alpha value is -1.49. The maximum Gasteiger partial charge on any atom is 0.230 e. The summed E-state index contributed by atoms with van der Waals surface area (Å²) in [5.74, 6) is 1.22. The lowest BCUT2D eigenvalue weighted by Crippen LogP contribution is -2.24. The summed E-state index contributed by atoms with van der Waals surface area (Å²) >= 11 is 7.39. The van der Waals surface area contributed by atoms with Gasteiger partial charge in [0.1, 0.15) is 0 Å². The monoisotopic (exact) mass is 335 g/mol. The molecule has 2 aromatic carbocycles. The van der Waals surface area contributed by atoms with Crippen LogP contribution < -0.4 is 5.32 Å². The number of carbonyl (C=O) groups is 1. The molecule has 0 aliphatic carbocycles. The fraction of sp³-hybridized carbons (Fsp3) is 0.235. The minimum absolute atomic E-state index is 0.0203. The van der Waals surface area contributed by atoms with Gasteiger partial charge in [-0.2, -0.15) is 0 Å². The number of aliphatic hydroxyl groups is 1. The number of hydrogen-bond donors (Lipinski definition) is 2. The molecule has 116 valence electrons. The summed E-state index contributed by atoms with van der Waals surface area (Å²) < 4.78 is 0. The summed E-state index contributed by atoms with van der Waals surface area (Å²) in [6.45, 7) is 0.572. The van der Waals surface area contributed by atoms with E-state index in [0.29, 0.717) is 17.3 Å².